The minimum absolute atomic E-state index is 0.700. The van der Waals surface area contributed by atoms with Crippen LogP contribution in [0.4, 0.5) is 5.69 Å². The van der Waals surface area contributed by atoms with Gasteiger partial charge in [0, 0.05) is 5.69 Å². The summed E-state index contributed by atoms with van der Waals surface area (Å²) >= 11 is 0.700. The molecule has 9 heavy (non-hydrogen) atoms. The zero-order chi connectivity index (χ0) is 7.11. The Morgan fingerprint density at radius 3 is 1.78 bits per heavy atom. The molecule has 1 aromatic rings. The van der Waals surface area contributed by atoms with Crippen molar-refractivity contribution < 1.29 is 23.2 Å². The number of nitrogen functional groups attached to an aromatic ring is 1. The van der Waals surface area contributed by atoms with E-state index in [9.17, 15) is 0 Å². The zero-order valence-electron chi connectivity index (χ0n) is 4.78. The van der Waals surface area contributed by atoms with E-state index in [1.807, 2.05) is 30.3 Å². The van der Waals surface area contributed by atoms with Gasteiger partial charge in [-0.3, -0.25) is 0 Å². The molecule has 0 aliphatic carbocycles. The van der Waals surface area contributed by atoms with Gasteiger partial charge in [0.1, 0.15) is 0 Å². The molecule has 2 nitrogen and oxygen atoms in total. The van der Waals surface area contributed by atoms with E-state index in [1.165, 1.54) is 0 Å². The molecule has 0 bridgehead atoms. The van der Waals surface area contributed by atoms with Crippen LogP contribution in [0.5, 0.6) is 0 Å². The van der Waals surface area contributed by atoms with Crippen LogP contribution in [0.2, 0.25) is 0 Å². The maximum atomic E-state index is 8.26. The van der Waals surface area contributed by atoms with Gasteiger partial charge in [-0.2, -0.15) is 0 Å². The van der Waals surface area contributed by atoms with Crippen LogP contribution in [-0.4, -0.2) is 0 Å². The Morgan fingerprint density at radius 2 is 1.56 bits per heavy atom. The van der Waals surface area contributed by atoms with Gasteiger partial charge in [-0.15, -0.1) is 0 Å². The average Bonchev–Trinajstić information content (AvgIpc) is 1.94. The van der Waals surface area contributed by atoms with Crippen LogP contribution in [0, 0.1) is 0 Å². The third-order valence-corrected chi connectivity index (χ3v) is 0.800. The van der Waals surface area contributed by atoms with Gasteiger partial charge in [0.25, 0.3) is 0 Å². The minimum atomic E-state index is 0.700. The van der Waals surface area contributed by atoms with Gasteiger partial charge < -0.3 is 5.73 Å². The number of hydrogen-bond donors (Lipinski definition) is 1. The number of hydrogen-bond acceptors (Lipinski definition) is 2. The van der Waals surface area contributed by atoms with E-state index in [0.29, 0.717) is 19.8 Å². The Labute approximate surface area is 65.3 Å². The fourth-order valence-corrected chi connectivity index (χ4v) is 0.453. The predicted molar refractivity (Wildman–Crippen MR) is 31.5 cm³/mol. The second-order valence-electron chi connectivity index (χ2n) is 1.41. The summed E-state index contributed by atoms with van der Waals surface area (Å²) in [6, 6.07) is 9.49. The zero-order valence-corrected chi connectivity index (χ0v) is 6.79. The van der Waals surface area contributed by atoms with Gasteiger partial charge in [0.2, 0.25) is 0 Å². The molecule has 0 saturated carbocycles. The first-order chi connectivity index (χ1) is 4.39. The van der Waals surface area contributed by atoms with E-state index in [-0.39, 0.29) is 0 Å². The van der Waals surface area contributed by atoms with E-state index in [0.717, 1.165) is 5.69 Å². The fourth-order valence-electron chi connectivity index (χ4n) is 0.453. The Morgan fingerprint density at radius 1 is 1.11 bits per heavy atom. The van der Waals surface area contributed by atoms with Gasteiger partial charge in [-0.05, 0) is 12.1 Å². The molecule has 0 atom stereocenters. The van der Waals surface area contributed by atoms with E-state index in [4.69, 9.17) is 9.13 Å². The summed E-state index contributed by atoms with van der Waals surface area (Å²) < 4.78 is 8.26. The van der Waals surface area contributed by atoms with Gasteiger partial charge in [0.05, 0.1) is 0 Å². The molecule has 0 heterocycles. The molecule has 1 rings (SSSR count). The standard InChI is InChI=1S/C6H7N.Mo.O/c7-6-4-2-1-3-5-6;;/h1-5H,7H2;;. The third kappa shape index (κ3) is 4.04. The van der Waals surface area contributed by atoms with Crippen LogP contribution in [0.3, 0.4) is 0 Å². The first kappa shape index (κ1) is 8.51. The molecular formula is C6H7MoNO. The summed E-state index contributed by atoms with van der Waals surface area (Å²) in [5.74, 6) is 0. The predicted octanol–water partition coefficient (Wildman–Crippen LogP) is 1.15. The average molecular weight is 205 g/mol. The molecule has 0 amide bonds. The third-order valence-electron chi connectivity index (χ3n) is 0.800. The van der Waals surface area contributed by atoms with E-state index >= 15 is 0 Å². The second-order valence-corrected chi connectivity index (χ2v) is 1.41. The Hall–Kier alpha value is -0.492. The molecule has 1 aromatic carbocycles. The molecule has 2 N–H and O–H groups in total. The molecule has 48 valence electrons. The SMILES string of the molecule is Nc1ccccc1.[O]=[Mo]. The maximum absolute atomic E-state index is 8.26. The molecule has 0 fully saturated rings. The molecule has 0 unspecified atom stereocenters. The first-order valence-corrected chi connectivity index (χ1v) is 3.19. The van der Waals surface area contributed by atoms with Crippen LogP contribution < -0.4 is 5.73 Å². The molecule has 0 spiro atoms. The second kappa shape index (κ2) is 5.64. The summed E-state index contributed by atoms with van der Waals surface area (Å²) in [5.41, 5.74) is 6.18. The topological polar surface area (TPSA) is 43.1 Å². The van der Waals surface area contributed by atoms with E-state index in [1.54, 1.807) is 0 Å². The van der Waals surface area contributed by atoms with Crippen LogP contribution in [0.25, 0.3) is 0 Å². The van der Waals surface area contributed by atoms with E-state index < -0.39 is 0 Å². The van der Waals surface area contributed by atoms with Gasteiger partial charge >= 0.3 is 23.2 Å². The first-order valence-electron chi connectivity index (χ1n) is 2.37. The van der Waals surface area contributed by atoms with Crippen molar-refractivity contribution in [3.05, 3.63) is 30.3 Å². The number of anilines is 1. The van der Waals surface area contributed by atoms with Crippen LogP contribution in [-0.2, 0) is 23.2 Å². The number of rotatable bonds is 0. The molecule has 3 heteroatoms. The van der Waals surface area contributed by atoms with Crippen molar-refractivity contribution in [2.45, 2.75) is 0 Å². The molecule has 0 saturated heterocycles. The van der Waals surface area contributed by atoms with Crippen LogP contribution >= 0.6 is 0 Å². The summed E-state index contributed by atoms with van der Waals surface area (Å²) in [6.07, 6.45) is 0. The Balaban J connectivity index is 0.000000291. The van der Waals surface area contributed by atoms with Crippen molar-refractivity contribution >= 4 is 5.69 Å². The normalized spacial score (nSPS) is 7.11. The summed E-state index contributed by atoms with van der Waals surface area (Å²) in [7, 11) is 0. The summed E-state index contributed by atoms with van der Waals surface area (Å²) in [6.45, 7) is 0. The van der Waals surface area contributed by atoms with Crippen LogP contribution in [0.1, 0.15) is 0 Å². The fraction of sp³-hybridized carbons (Fsp3) is 0. The van der Waals surface area contributed by atoms with Crippen molar-refractivity contribution in [1.29, 1.82) is 0 Å². The van der Waals surface area contributed by atoms with Crippen molar-refractivity contribution in [3.63, 3.8) is 0 Å². The van der Waals surface area contributed by atoms with Crippen molar-refractivity contribution in [1.82, 2.24) is 0 Å². The van der Waals surface area contributed by atoms with Crippen molar-refractivity contribution in [2.24, 2.45) is 0 Å². The van der Waals surface area contributed by atoms with Gasteiger partial charge in [0.15, 0.2) is 0 Å². The number of benzene rings is 1. The van der Waals surface area contributed by atoms with Gasteiger partial charge in [-0.25, -0.2) is 0 Å². The number of nitrogens with two attached hydrogens (primary N) is 1. The monoisotopic (exact) mass is 207 g/mol. The summed E-state index contributed by atoms with van der Waals surface area (Å²) in [5, 5.41) is 0. The number of para-hydroxylation sites is 1. The Bertz CT molecular complexity index is 154. The molecule has 0 aromatic heterocycles. The van der Waals surface area contributed by atoms with E-state index in [2.05, 4.69) is 0 Å². The van der Waals surface area contributed by atoms with Crippen molar-refractivity contribution in [2.75, 3.05) is 5.73 Å². The quantitative estimate of drug-likeness (QED) is 0.509. The van der Waals surface area contributed by atoms with Gasteiger partial charge in [-0.1, -0.05) is 18.2 Å². The molecule has 0 radical (unpaired) electrons. The van der Waals surface area contributed by atoms with Crippen molar-refractivity contribution in [3.8, 4) is 0 Å². The molecule has 0 aliphatic rings. The molecular weight excluding hydrogens is 198 g/mol. The van der Waals surface area contributed by atoms with Crippen LogP contribution in [0.15, 0.2) is 30.3 Å². The molecule has 0 aliphatic heterocycles. The Kier molecular flexibility index (Phi) is 5.33. The summed E-state index contributed by atoms with van der Waals surface area (Å²) in [4.78, 5) is 0.